The molecule has 1 aliphatic heterocycles. The number of hydrogen-bond donors (Lipinski definition) is 1. The summed E-state index contributed by atoms with van der Waals surface area (Å²) in [7, 11) is 0. The molecule has 1 N–H and O–H groups in total. The van der Waals surface area contributed by atoms with Gasteiger partial charge in [-0.3, -0.25) is 4.79 Å². The van der Waals surface area contributed by atoms with Crippen LogP contribution in [0, 0.1) is 5.41 Å². The number of amides is 1. The van der Waals surface area contributed by atoms with Gasteiger partial charge in [-0.05, 0) is 29.7 Å². The first-order chi connectivity index (χ1) is 12.5. The number of thiophene rings is 1. The third-order valence-corrected chi connectivity index (χ3v) is 5.88. The minimum absolute atomic E-state index is 0.0223. The summed E-state index contributed by atoms with van der Waals surface area (Å²) in [4.78, 5) is 24.9. The summed E-state index contributed by atoms with van der Waals surface area (Å²) in [6, 6.07) is 3.70. The molecule has 3 heterocycles. The fourth-order valence-electron chi connectivity index (χ4n) is 3.72. The van der Waals surface area contributed by atoms with E-state index < -0.39 is 0 Å². The number of carbonyl (C=O) groups excluding carboxylic acids is 1. The Labute approximate surface area is 157 Å². The summed E-state index contributed by atoms with van der Waals surface area (Å²) in [5, 5.41) is 5.11. The molecule has 4 rings (SSSR count). The number of nitrogens with one attached hydrogen (secondary N) is 1. The SMILES string of the molecule is CC1(C)Cc2nc(N3CCOCC3)ncc2[C@H](NC(=O)c2cccs2)C1. The number of aromatic nitrogens is 2. The van der Waals surface area contributed by atoms with Crippen LogP contribution in [0.5, 0.6) is 0 Å². The largest absolute Gasteiger partial charge is 0.378 e. The second-order valence-corrected chi connectivity index (χ2v) is 8.67. The Balaban J connectivity index is 1.60. The number of fused-ring (bicyclic) bond motifs is 1. The van der Waals surface area contributed by atoms with Crippen molar-refractivity contribution in [2.24, 2.45) is 5.41 Å². The summed E-state index contributed by atoms with van der Waals surface area (Å²) in [6.45, 7) is 7.53. The van der Waals surface area contributed by atoms with Crippen molar-refractivity contribution in [3.63, 3.8) is 0 Å². The van der Waals surface area contributed by atoms with Gasteiger partial charge in [-0.15, -0.1) is 11.3 Å². The molecule has 0 unspecified atom stereocenters. The molecule has 26 heavy (non-hydrogen) atoms. The van der Waals surface area contributed by atoms with E-state index in [2.05, 4.69) is 29.0 Å². The fraction of sp³-hybridized carbons (Fsp3) is 0.526. The van der Waals surface area contributed by atoms with Gasteiger partial charge in [-0.1, -0.05) is 19.9 Å². The van der Waals surface area contributed by atoms with E-state index in [0.717, 1.165) is 48.0 Å². The smallest absolute Gasteiger partial charge is 0.261 e. The minimum Gasteiger partial charge on any atom is -0.378 e. The molecule has 2 aromatic heterocycles. The van der Waals surface area contributed by atoms with Gasteiger partial charge in [0.25, 0.3) is 5.91 Å². The second kappa shape index (κ2) is 6.96. The zero-order valence-electron chi connectivity index (χ0n) is 15.2. The third-order valence-electron chi connectivity index (χ3n) is 5.01. The molecule has 1 fully saturated rings. The Morgan fingerprint density at radius 3 is 2.92 bits per heavy atom. The number of rotatable bonds is 3. The number of anilines is 1. The predicted octanol–water partition coefficient (Wildman–Crippen LogP) is 2.82. The summed E-state index contributed by atoms with van der Waals surface area (Å²) >= 11 is 1.46. The van der Waals surface area contributed by atoms with E-state index in [-0.39, 0.29) is 17.4 Å². The van der Waals surface area contributed by atoms with Crippen molar-refractivity contribution >= 4 is 23.2 Å². The number of ether oxygens (including phenoxy) is 1. The molecule has 2 aromatic rings. The van der Waals surface area contributed by atoms with Crippen molar-refractivity contribution in [3.05, 3.63) is 39.8 Å². The average molecular weight is 372 g/mol. The van der Waals surface area contributed by atoms with E-state index in [9.17, 15) is 4.79 Å². The number of carbonyl (C=O) groups is 1. The molecular weight excluding hydrogens is 348 g/mol. The van der Waals surface area contributed by atoms with Gasteiger partial charge in [-0.25, -0.2) is 9.97 Å². The maximum Gasteiger partial charge on any atom is 0.261 e. The van der Waals surface area contributed by atoms with Crippen LogP contribution < -0.4 is 10.2 Å². The highest BCUT2D eigenvalue weighted by molar-refractivity contribution is 7.12. The number of hydrogen-bond acceptors (Lipinski definition) is 6. The highest BCUT2D eigenvalue weighted by Crippen LogP contribution is 2.40. The molecule has 0 saturated carbocycles. The van der Waals surface area contributed by atoms with Gasteiger partial charge >= 0.3 is 0 Å². The second-order valence-electron chi connectivity index (χ2n) is 7.72. The molecular formula is C19H24N4O2S. The maximum absolute atomic E-state index is 12.5. The Morgan fingerprint density at radius 2 is 2.19 bits per heavy atom. The zero-order valence-corrected chi connectivity index (χ0v) is 16.0. The fourth-order valence-corrected chi connectivity index (χ4v) is 4.35. The van der Waals surface area contributed by atoms with E-state index in [1.165, 1.54) is 11.3 Å². The maximum atomic E-state index is 12.5. The Morgan fingerprint density at radius 1 is 1.38 bits per heavy atom. The van der Waals surface area contributed by atoms with Crippen LogP contribution in [-0.2, 0) is 11.2 Å². The van der Waals surface area contributed by atoms with Crippen LogP contribution in [0.3, 0.4) is 0 Å². The molecule has 1 saturated heterocycles. The van der Waals surface area contributed by atoms with E-state index in [4.69, 9.17) is 9.72 Å². The lowest BCUT2D eigenvalue weighted by molar-refractivity contribution is 0.0923. The van der Waals surface area contributed by atoms with Crippen LogP contribution in [0.15, 0.2) is 23.7 Å². The van der Waals surface area contributed by atoms with Gasteiger partial charge in [0.1, 0.15) is 0 Å². The van der Waals surface area contributed by atoms with Gasteiger partial charge in [-0.2, -0.15) is 0 Å². The van der Waals surface area contributed by atoms with Gasteiger partial charge in [0, 0.05) is 24.8 Å². The highest BCUT2D eigenvalue weighted by atomic mass is 32.1. The van der Waals surface area contributed by atoms with Crippen molar-refractivity contribution < 1.29 is 9.53 Å². The van der Waals surface area contributed by atoms with Gasteiger partial charge < -0.3 is 15.0 Å². The van der Waals surface area contributed by atoms with Crippen molar-refractivity contribution in [3.8, 4) is 0 Å². The molecule has 6 nitrogen and oxygen atoms in total. The van der Waals surface area contributed by atoms with Crippen LogP contribution in [0.25, 0.3) is 0 Å². The van der Waals surface area contributed by atoms with Crippen LogP contribution >= 0.6 is 11.3 Å². The first kappa shape index (κ1) is 17.4. The van der Waals surface area contributed by atoms with Crippen LogP contribution in [-0.4, -0.2) is 42.2 Å². The lowest BCUT2D eigenvalue weighted by atomic mass is 9.74. The van der Waals surface area contributed by atoms with Crippen molar-refractivity contribution in [2.45, 2.75) is 32.7 Å². The highest BCUT2D eigenvalue weighted by Gasteiger charge is 2.35. The molecule has 1 aliphatic carbocycles. The Bertz CT molecular complexity index is 785. The van der Waals surface area contributed by atoms with E-state index in [1.807, 2.05) is 23.7 Å². The van der Waals surface area contributed by atoms with E-state index in [0.29, 0.717) is 13.2 Å². The van der Waals surface area contributed by atoms with Crippen LogP contribution in [0.1, 0.15) is 47.2 Å². The third kappa shape index (κ3) is 3.59. The minimum atomic E-state index is -0.0536. The zero-order chi connectivity index (χ0) is 18.1. The summed E-state index contributed by atoms with van der Waals surface area (Å²) < 4.78 is 5.42. The molecule has 0 radical (unpaired) electrons. The number of nitrogens with zero attached hydrogens (tertiary/aromatic N) is 3. The van der Waals surface area contributed by atoms with Gasteiger partial charge in [0.2, 0.25) is 5.95 Å². The van der Waals surface area contributed by atoms with Crippen molar-refractivity contribution in [2.75, 3.05) is 31.2 Å². The Hall–Kier alpha value is -1.99. The lowest BCUT2D eigenvalue weighted by Crippen LogP contribution is -2.39. The van der Waals surface area contributed by atoms with E-state index >= 15 is 0 Å². The van der Waals surface area contributed by atoms with Crippen LogP contribution in [0.2, 0.25) is 0 Å². The van der Waals surface area contributed by atoms with Gasteiger partial charge in [0.05, 0.1) is 29.8 Å². The first-order valence-electron chi connectivity index (χ1n) is 9.05. The molecule has 0 bridgehead atoms. The van der Waals surface area contributed by atoms with Crippen molar-refractivity contribution in [1.29, 1.82) is 0 Å². The lowest BCUT2D eigenvalue weighted by Gasteiger charge is -2.37. The van der Waals surface area contributed by atoms with Gasteiger partial charge in [0.15, 0.2) is 0 Å². The van der Waals surface area contributed by atoms with E-state index in [1.54, 1.807) is 0 Å². The quantitative estimate of drug-likeness (QED) is 0.897. The predicted molar refractivity (Wildman–Crippen MR) is 102 cm³/mol. The monoisotopic (exact) mass is 372 g/mol. The topological polar surface area (TPSA) is 67.3 Å². The summed E-state index contributed by atoms with van der Waals surface area (Å²) in [5.74, 6) is 0.749. The number of morpholine rings is 1. The normalized spacial score (nSPS) is 21.9. The molecule has 0 spiro atoms. The molecule has 0 aromatic carbocycles. The molecule has 1 atom stereocenters. The summed E-state index contributed by atoms with van der Waals surface area (Å²) in [5.41, 5.74) is 2.18. The Kier molecular flexibility index (Phi) is 4.67. The van der Waals surface area contributed by atoms with Crippen LogP contribution in [0.4, 0.5) is 5.95 Å². The standard InChI is InChI=1S/C19H24N4O2S/c1-19(2)10-14(21-17(24)16-4-3-9-26-16)13-12-20-18(22-15(13)11-19)23-5-7-25-8-6-23/h3-4,9,12,14H,5-8,10-11H2,1-2H3,(H,21,24)/t14-/m1/s1. The average Bonchev–Trinajstić information content (AvgIpc) is 3.16. The molecule has 138 valence electrons. The molecule has 7 heteroatoms. The molecule has 2 aliphatic rings. The summed E-state index contributed by atoms with van der Waals surface area (Å²) in [6.07, 6.45) is 3.69. The first-order valence-corrected chi connectivity index (χ1v) is 9.93. The molecule has 1 amide bonds. The van der Waals surface area contributed by atoms with Crippen molar-refractivity contribution in [1.82, 2.24) is 15.3 Å².